The van der Waals surface area contributed by atoms with Crippen LogP contribution in [0.2, 0.25) is 0 Å². The van der Waals surface area contributed by atoms with Crippen molar-refractivity contribution in [2.75, 3.05) is 0 Å². The van der Waals surface area contributed by atoms with Crippen LogP contribution >= 0.6 is 0 Å². The summed E-state index contributed by atoms with van der Waals surface area (Å²) in [7, 11) is 0. The highest BCUT2D eigenvalue weighted by molar-refractivity contribution is 6.07. The van der Waals surface area contributed by atoms with E-state index < -0.39 is 5.54 Å². The average Bonchev–Trinajstić information content (AvgIpc) is 2.97. The summed E-state index contributed by atoms with van der Waals surface area (Å²) >= 11 is 0. The molecule has 1 saturated heterocycles. The first kappa shape index (κ1) is 18.9. The fourth-order valence-corrected chi connectivity index (χ4v) is 4.15. The first-order valence-electron chi connectivity index (χ1n) is 9.93. The van der Waals surface area contributed by atoms with Crippen LogP contribution in [0.1, 0.15) is 30.0 Å². The highest BCUT2D eigenvalue weighted by Crippen LogP contribution is 2.41. The van der Waals surface area contributed by atoms with Crippen LogP contribution in [0, 0.1) is 0 Å². The Bertz CT molecular complexity index is 989. The first-order chi connectivity index (χ1) is 14.2. The van der Waals surface area contributed by atoms with Crippen molar-refractivity contribution in [2.24, 2.45) is 0 Å². The van der Waals surface area contributed by atoms with E-state index in [0.717, 1.165) is 16.7 Å². The summed E-state index contributed by atoms with van der Waals surface area (Å²) in [6.07, 6.45) is 0.514. The maximum Gasteiger partial charge on any atom is 0.328 e. The zero-order chi connectivity index (χ0) is 20.3. The SMILES string of the molecule is CCC1(c2ccccc2)C(=O)N(Cc2ccccc2)C(=O)N1Cc1ccccc1. The summed E-state index contributed by atoms with van der Waals surface area (Å²) < 4.78 is 0. The average molecular weight is 384 g/mol. The Kier molecular flexibility index (Phi) is 5.17. The molecular formula is C25H24N2O2. The van der Waals surface area contributed by atoms with Crippen LogP contribution in [0.15, 0.2) is 91.0 Å². The van der Waals surface area contributed by atoms with Crippen molar-refractivity contribution >= 4 is 11.9 Å². The van der Waals surface area contributed by atoms with E-state index in [9.17, 15) is 9.59 Å². The van der Waals surface area contributed by atoms with Gasteiger partial charge in [0.1, 0.15) is 5.54 Å². The Morgan fingerprint density at radius 2 is 1.17 bits per heavy atom. The van der Waals surface area contributed by atoms with E-state index in [2.05, 4.69) is 0 Å². The molecule has 3 amide bonds. The molecule has 0 spiro atoms. The molecule has 3 aromatic carbocycles. The van der Waals surface area contributed by atoms with Crippen LogP contribution in [0.5, 0.6) is 0 Å². The van der Waals surface area contributed by atoms with E-state index >= 15 is 0 Å². The molecule has 4 nitrogen and oxygen atoms in total. The molecule has 1 aliphatic heterocycles. The van der Waals surface area contributed by atoms with Crippen molar-refractivity contribution in [3.05, 3.63) is 108 Å². The second-order valence-electron chi connectivity index (χ2n) is 7.31. The molecule has 1 fully saturated rings. The van der Waals surface area contributed by atoms with Gasteiger partial charge in [-0.05, 0) is 23.1 Å². The highest BCUT2D eigenvalue weighted by Gasteiger charge is 2.56. The Balaban J connectivity index is 1.78. The van der Waals surface area contributed by atoms with Crippen LogP contribution in [-0.4, -0.2) is 21.7 Å². The lowest BCUT2D eigenvalue weighted by Crippen LogP contribution is -2.46. The summed E-state index contributed by atoms with van der Waals surface area (Å²) in [5.41, 5.74) is 1.80. The molecule has 3 aromatic rings. The molecular weight excluding hydrogens is 360 g/mol. The number of amides is 3. The van der Waals surface area contributed by atoms with Gasteiger partial charge in [-0.3, -0.25) is 9.69 Å². The first-order valence-corrected chi connectivity index (χ1v) is 9.93. The third-order valence-corrected chi connectivity index (χ3v) is 5.65. The van der Waals surface area contributed by atoms with E-state index in [1.54, 1.807) is 4.90 Å². The van der Waals surface area contributed by atoms with E-state index in [1.165, 1.54) is 4.90 Å². The lowest BCUT2D eigenvalue weighted by molar-refractivity contribution is -0.134. The van der Waals surface area contributed by atoms with E-state index in [4.69, 9.17) is 0 Å². The van der Waals surface area contributed by atoms with Crippen molar-refractivity contribution < 1.29 is 9.59 Å². The van der Waals surface area contributed by atoms with Crippen molar-refractivity contribution in [3.63, 3.8) is 0 Å². The van der Waals surface area contributed by atoms with E-state index in [0.29, 0.717) is 13.0 Å². The standard InChI is InChI=1S/C25H24N2O2/c1-2-25(22-16-10-5-11-17-22)23(28)26(18-20-12-6-3-7-13-20)24(29)27(25)19-21-14-8-4-9-15-21/h3-17H,2,18-19H2,1H3. The fourth-order valence-electron chi connectivity index (χ4n) is 4.15. The predicted molar refractivity (Wildman–Crippen MR) is 113 cm³/mol. The van der Waals surface area contributed by atoms with Gasteiger partial charge in [0.2, 0.25) is 0 Å². The van der Waals surface area contributed by atoms with Crippen LogP contribution in [0.4, 0.5) is 4.79 Å². The van der Waals surface area contributed by atoms with Gasteiger partial charge in [0.05, 0.1) is 6.54 Å². The van der Waals surface area contributed by atoms with Gasteiger partial charge < -0.3 is 4.90 Å². The van der Waals surface area contributed by atoms with E-state index in [-0.39, 0.29) is 18.5 Å². The fraction of sp³-hybridized carbons (Fsp3) is 0.200. The number of nitrogens with zero attached hydrogens (tertiary/aromatic N) is 2. The maximum atomic E-state index is 13.7. The van der Waals surface area contributed by atoms with Crippen LogP contribution in [0.3, 0.4) is 0 Å². The molecule has 1 aliphatic rings. The molecule has 0 aromatic heterocycles. The van der Waals surface area contributed by atoms with Gasteiger partial charge in [0, 0.05) is 6.54 Å². The number of rotatable bonds is 6. The summed E-state index contributed by atoms with van der Waals surface area (Å²) in [5, 5.41) is 0. The lowest BCUT2D eigenvalue weighted by atomic mass is 9.85. The maximum absolute atomic E-state index is 13.7. The monoisotopic (exact) mass is 384 g/mol. The normalized spacial score (nSPS) is 19.1. The molecule has 0 aliphatic carbocycles. The molecule has 1 atom stereocenters. The quantitative estimate of drug-likeness (QED) is 0.564. The minimum Gasteiger partial charge on any atom is -0.301 e. The second kappa shape index (κ2) is 7.92. The molecule has 4 heteroatoms. The molecule has 0 saturated carbocycles. The third-order valence-electron chi connectivity index (χ3n) is 5.65. The minimum absolute atomic E-state index is 0.156. The molecule has 0 radical (unpaired) electrons. The van der Waals surface area contributed by atoms with Crippen LogP contribution < -0.4 is 0 Å². The second-order valence-corrected chi connectivity index (χ2v) is 7.31. The Labute approximate surface area is 171 Å². The van der Waals surface area contributed by atoms with Crippen LogP contribution in [-0.2, 0) is 23.4 Å². The molecule has 1 unspecified atom stereocenters. The molecule has 146 valence electrons. The Hall–Kier alpha value is -3.40. The predicted octanol–water partition coefficient (Wildman–Crippen LogP) is 4.96. The Morgan fingerprint density at radius 1 is 0.690 bits per heavy atom. The molecule has 1 heterocycles. The Morgan fingerprint density at radius 3 is 1.69 bits per heavy atom. The summed E-state index contributed by atoms with van der Waals surface area (Å²) in [4.78, 5) is 30.4. The molecule has 0 bridgehead atoms. The van der Waals surface area contributed by atoms with Gasteiger partial charge in [-0.15, -0.1) is 0 Å². The van der Waals surface area contributed by atoms with Crippen molar-refractivity contribution in [1.29, 1.82) is 0 Å². The minimum atomic E-state index is -0.997. The number of hydrogen-bond acceptors (Lipinski definition) is 2. The molecule has 0 N–H and O–H groups in total. The number of carbonyl (C=O) groups is 2. The largest absolute Gasteiger partial charge is 0.328 e. The van der Waals surface area contributed by atoms with Gasteiger partial charge in [0.15, 0.2) is 0 Å². The van der Waals surface area contributed by atoms with Crippen molar-refractivity contribution in [2.45, 2.75) is 32.0 Å². The zero-order valence-corrected chi connectivity index (χ0v) is 16.5. The number of hydrogen-bond donors (Lipinski definition) is 0. The topological polar surface area (TPSA) is 40.6 Å². The lowest BCUT2D eigenvalue weighted by Gasteiger charge is -2.35. The molecule has 29 heavy (non-hydrogen) atoms. The summed E-state index contributed by atoms with van der Waals surface area (Å²) in [6.45, 7) is 2.64. The van der Waals surface area contributed by atoms with Gasteiger partial charge in [0.25, 0.3) is 5.91 Å². The molecule has 4 rings (SSSR count). The van der Waals surface area contributed by atoms with Crippen molar-refractivity contribution in [1.82, 2.24) is 9.80 Å². The smallest absolute Gasteiger partial charge is 0.301 e. The van der Waals surface area contributed by atoms with E-state index in [1.807, 2.05) is 97.9 Å². The number of benzene rings is 3. The van der Waals surface area contributed by atoms with Gasteiger partial charge in [-0.1, -0.05) is 97.9 Å². The van der Waals surface area contributed by atoms with Crippen LogP contribution in [0.25, 0.3) is 0 Å². The highest BCUT2D eigenvalue weighted by atomic mass is 16.2. The van der Waals surface area contributed by atoms with Gasteiger partial charge >= 0.3 is 6.03 Å². The number of carbonyl (C=O) groups excluding carboxylic acids is 2. The third kappa shape index (κ3) is 3.31. The summed E-state index contributed by atoms with van der Waals surface area (Å²) in [6, 6.07) is 28.9. The number of imide groups is 1. The number of urea groups is 1. The van der Waals surface area contributed by atoms with Crippen molar-refractivity contribution in [3.8, 4) is 0 Å². The summed E-state index contributed by atoms with van der Waals surface area (Å²) in [5.74, 6) is -0.156. The zero-order valence-electron chi connectivity index (χ0n) is 16.5. The van der Waals surface area contributed by atoms with Gasteiger partial charge in [-0.2, -0.15) is 0 Å². The van der Waals surface area contributed by atoms with Gasteiger partial charge in [-0.25, -0.2) is 4.79 Å².